The van der Waals surface area contributed by atoms with Crippen molar-refractivity contribution < 1.29 is 0 Å². The van der Waals surface area contributed by atoms with Gasteiger partial charge in [-0.2, -0.15) is 0 Å². The predicted octanol–water partition coefficient (Wildman–Crippen LogP) is 21.5. The van der Waals surface area contributed by atoms with Crippen molar-refractivity contribution in [2.75, 3.05) is 14.7 Å². The van der Waals surface area contributed by atoms with Crippen LogP contribution >= 0.6 is 0 Å². The molecule has 16 rings (SSSR count). The fraction of sp³-hybridized carbons (Fsp3) is 0.342. The number of nitrogens with zero attached hydrogens (tertiary/aromatic N) is 3. The van der Waals surface area contributed by atoms with Crippen molar-refractivity contribution in [3.05, 3.63) is 205 Å². The van der Waals surface area contributed by atoms with Gasteiger partial charge in [0.05, 0.1) is 16.6 Å². The highest BCUT2D eigenvalue weighted by molar-refractivity contribution is 6.30. The van der Waals surface area contributed by atoms with E-state index in [0.29, 0.717) is 17.8 Å². The van der Waals surface area contributed by atoms with Crippen molar-refractivity contribution in [1.82, 2.24) is 0 Å². The van der Waals surface area contributed by atoms with Crippen LogP contribution in [0.4, 0.5) is 34.1 Å². The van der Waals surface area contributed by atoms with E-state index < -0.39 is 0 Å². The highest BCUT2D eigenvalue weighted by Gasteiger charge is 2.61. The zero-order chi connectivity index (χ0) is 55.9. The van der Waals surface area contributed by atoms with Gasteiger partial charge in [0.2, 0.25) is 0 Å². The SMILES string of the molecule is CC1CCC2(C)c3cc(-c4ccc5ccc6c(-c7ccc8c(c7)C7(C)CCC(C)CC7(C)N8c7ccccc7)cc(-c7ccc8c(c7)C7(C)CCC(C)CC7(C)N8c7ccccc7)c7ccc4c5c67)ccc3N(c3ccccc3)C2(C)C1. The lowest BCUT2D eigenvalue weighted by atomic mass is 9.59. The molecule has 3 nitrogen and oxygen atoms in total. The molecule has 0 amide bonds. The summed E-state index contributed by atoms with van der Waals surface area (Å²) >= 11 is 0. The molecule has 3 saturated carbocycles. The second-order valence-corrected chi connectivity index (χ2v) is 28.4. The smallest absolute Gasteiger partial charge is 0.0520 e. The summed E-state index contributed by atoms with van der Waals surface area (Å²) < 4.78 is 0. The summed E-state index contributed by atoms with van der Waals surface area (Å²) in [5.74, 6) is 1.99. The Kier molecular flexibility index (Phi) is 10.7. The van der Waals surface area contributed by atoms with E-state index in [4.69, 9.17) is 0 Å². The van der Waals surface area contributed by atoms with Gasteiger partial charge in [0.25, 0.3) is 0 Å². The summed E-state index contributed by atoms with van der Waals surface area (Å²) in [6, 6.07) is 73.9. The largest absolute Gasteiger partial charge is 0.334 e. The van der Waals surface area contributed by atoms with E-state index in [1.807, 2.05) is 0 Å². The maximum absolute atomic E-state index is 2.73. The van der Waals surface area contributed by atoms with Gasteiger partial charge in [-0.15, -0.1) is 0 Å². The van der Waals surface area contributed by atoms with Crippen LogP contribution in [0, 0.1) is 17.8 Å². The summed E-state index contributed by atoms with van der Waals surface area (Å²) in [4.78, 5) is 8.18. The summed E-state index contributed by atoms with van der Waals surface area (Å²) in [6.45, 7) is 22.9. The van der Waals surface area contributed by atoms with E-state index in [-0.39, 0.29) is 32.9 Å². The second-order valence-electron chi connectivity index (χ2n) is 28.4. The molecular weight excluding hydrogens is 991 g/mol. The van der Waals surface area contributed by atoms with E-state index in [9.17, 15) is 0 Å². The molecule has 3 fully saturated rings. The van der Waals surface area contributed by atoms with Gasteiger partial charge in [0.15, 0.2) is 0 Å². The molecule has 0 saturated heterocycles. The third-order valence-electron chi connectivity index (χ3n) is 23.9. The maximum atomic E-state index is 2.73. The Morgan fingerprint density at radius 2 is 0.659 bits per heavy atom. The molecular formula is C79H79N3. The highest BCUT2D eigenvalue weighted by Crippen LogP contribution is 2.66. The number of fused-ring (bicyclic) bond motifs is 9. The van der Waals surface area contributed by atoms with Crippen molar-refractivity contribution in [3.63, 3.8) is 0 Å². The monoisotopic (exact) mass is 1070 g/mol. The standard InChI is InChI=1S/C79H79N3/c1-50-37-40-74(4)66-43-54(27-34-69(66)80(77(74,7)47-50)57-19-13-10-14-20-57)60-30-25-53-26-31-62-64(55-28-35-70-67(44-55)75(5)41-38-51(2)48-78(75,8)81(70)58-21-15-11-16-22-58)46-65(63-33-32-61(60)72(53)73(62)63)56-29-36-71-68(45-56)76(6)42-39-52(3)49-79(76,9)82(71)59-23-17-12-18-24-59/h10-36,43-46,50-52H,37-42,47-49H2,1-9H3. The van der Waals surface area contributed by atoms with Crippen LogP contribution in [0.2, 0.25) is 0 Å². The molecule has 10 aromatic rings. The molecule has 6 aliphatic rings. The lowest BCUT2D eigenvalue weighted by Crippen LogP contribution is -2.56. The van der Waals surface area contributed by atoms with Crippen LogP contribution in [0.5, 0.6) is 0 Å². The quantitative estimate of drug-likeness (QED) is 0.154. The van der Waals surface area contributed by atoms with Crippen molar-refractivity contribution in [3.8, 4) is 33.4 Å². The van der Waals surface area contributed by atoms with Crippen molar-refractivity contribution in [2.24, 2.45) is 17.8 Å². The minimum atomic E-state index is -0.0559. The number of anilines is 6. The summed E-state index contributed by atoms with van der Waals surface area (Å²) in [5.41, 5.74) is 20.2. The molecule has 0 bridgehead atoms. The van der Waals surface area contributed by atoms with Gasteiger partial charge in [-0.1, -0.05) is 151 Å². The van der Waals surface area contributed by atoms with Gasteiger partial charge in [-0.05, 0) is 258 Å². The molecule has 3 aliphatic carbocycles. The second kappa shape index (κ2) is 17.4. The van der Waals surface area contributed by atoms with Gasteiger partial charge in [-0.3, -0.25) is 0 Å². The van der Waals surface area contributed by atoms with E-state index in [2.05, 4.69) is 265 Å². The van der Waals surface area contributed by atoms with E-state index in [0.717, 1.165) is 12.8 Å². The first-order chi connectivity index (χ1) is 39.6. The van der Waals surface area contributed by atoms with Crippen LogP contribution in [0.1, 0.15) is 137 Å². The van der Waals surface area contributed by atoms with Gasteiger partial charge in [0.1, 0.15) is 0 Å². The molecule has 3 heterocycles. The third-order valence-corrected chi connectivity index (χ3v) is 23.9. The number of hydrogen-bond acceptors (Lipinski definition) is 3. The Morgan fingerprint density at radius 1 is 0.329 bits per heavy atom. The molecule has 9 atom stereocenters. The third kappa shape index (κ3) is 6.55. The molecule has 0 aromatic heterocycles. The molecule has 410 valence electrons. The lowest BCUT2D eigenvalue weighted by molar-refractivity contribution is 0.154. The first-order valence-electron chi connectivity index (χ1n) is 31.3. The minimum Gasteiger partial charge on any atom is -0.334 e. The molecule has 3 aliphatic heterocycles. The molecule has 10 aromatic carbocycles. The van der Waals surface area contributed by atoms with Gasteiger partial charge < -0.3 is 14.7 Å². The molecule has 9 unspecified atom stereocenters. The van der Waals surface area contributed by atoms with E-state index in [1.165, 1.54) is 161 Å². The van der Waals surface area contributed by atoms with Crippen LogP contribution < -0.4 is 14.7 Å². The lowest BCUT2D eigenvalue weighted by Gasteiger charge is -2.52. The topological polar surface area (TPSA) is 9.72 Å². The van der Waals surface area contributed by atoms with Crippen molar-refractivity contribution in [1.29, 1.82) is 0 Å². The Bertz CT molecular complexity index is 4070. The number of para-hydroxylation sites is 3. The summed E-state index contributed by atoms with van der Waals surface area (Å²) in [6.07, 6.45) is 10.8. The Balaban J connectivity index is 0.930. The van der Waals surface area contributed by atoms with Crippen LogP contribution in [0.15, 0.2) is 188 Å². The summed E-state index contributed by atoms with van der Waals surface area (Å²) in [7, 11) is 0. The van der Waals surface area contributed by atoms with Crippen LogP contribution in [0.3, 0.4) is 0 Å². The number of rotatable bonds is 6. The van der Waals surface area contributed by atoms with Crippen LogP contribution in [0.25, 0.3) is 65.7 Å². The molecule has 0 N–H and O–H groups in total. The minimum absolute atomic E-state index is 0.00498. The molecule has 0 radical (unpaired) electrons. The average Bonchev–Trinajstić information content (AvgIpc) is 1.93. The number of hydrogen-bond donors (Lipinski definition) is 0. The van der Waals surface area contributed by atoms with Crippen molar-refractivity contribution >= 4 is 66.4 Å². The zero-order valence-corrected chi connectivity index (χ0v) is 49.8. The normalized spacial score (nSPS) is 29.9. The summed E-state index contributed by atoms with van der Waals surface area (Å²) in [5, 5.41) is 8.06. The van der Waals surface area contributed by atoms with E-state index >= 15 is 0 Å². The molecule has 3 heteroatoms. The fourth-order valence-corrected chi connectivity index (χ4v) is 19.2. The number of benzene rings is 10. The molecule has 0 spiro atoms. The molecule has 82 heavy (non-hydrogen) atoms. The van der Waals surface area contributed by atoms with Gasteiger partial charge in [0, 0.05) is 50.4 Å². The van der Waals surface area contributed by atoms with E-state index in [1.54, 1.807) is 0 Å². The first kappa shape index (κ1) is 50.4. The Hall–Kier alpha value is -7.36. The first-order valence-corrected chi connectivity index (χ1v) is 31.3. The maximum Gasteiger partial charge on any atom is 0.0520 e. The van der Waals surface area contributed by atoms with Gasteiger partial charge in [-0.25, -0.2) is 0 Å². The Morgan fingerprint density at radius 3 is 1.04 bits per heavy atom. The highest BCUT2D eigenvalue weighted by atomic mass is 15.3. The Labute approximate surface area is 487 Å². The van der Waals surface area contributed by atoms with Gasteiger partial charge >= 0.3 is 0 Å². The van der Waals surface area contributed by atoms with Crippen molar-refractivity contribution in [2.45, 2.75) is 153 Å². The predicted molar refractivity (Wildman–Crippen MR) is 349 cm³/mol. The fourth-order valence-electron chi connectivity index (χ4n) is 19.2. The zero-order valence-electron chi connectivity index (χ0n) is 49.8. The average molecular weight is 1070 g/mol. The van der Waals surface area contributed by atoms with Crippen LogP contribution in [-0.2, 0) is 16.2 Å². The van der Waals surface area contributed by atoms with Crippen LogP contribution in [-0.4, -0.2) is 16.6 Å².